The molecule has 0 spiro atoms. The Morgan fingerprint density at radius 3 is 2.35 bits per heavy atom. The fourth-order valence-electron chi connectivity index (χ4n) is 3.86. The summed E-state index contributed by atoms with van der Waals surface area (Å²) in [5.74, 6) is 2.36. The molecule has 8 heteroatoms. The number of methoxy groups -OCH3 is 3. The third-order valence-corrected chi connectivity index (χ3v) is 5.65. The van der Waals surface area contributed by atoms with Crippen LogP contribution in [0.2, 0.25) is 5.02 Å². The quantitative estimate of drug-likeness (QED) is 0.629. The van der Waals surface area contributed by atoms with Crippen LogP contribution >= 0.6 is 11.6 Å². The summed E-state index contributed by atoms with van der Waals surface area (Å²) in [6.45, 7) is 2.01. The largest absolute Gasteiger partial charge is 0.493 e. The minimum absolute atomic E-state index is 0.0811. The topological polar surface area (TPSA) is 76.7 Å². The third kappa shape index (κ3) is 4.38. The first-order valence-corrected chi connectivity index (χ1v) is 10.3. The first-order valence-electron chi connectivity index (χ1n) is 9.91. The minimum atomic E-state index is -0.0811. The first kappa shape index (κ1) is 21.2. The molecule has 2 aromatic carbocycles. The third-order valence-electron chi connectivity index (χ3n) is 5.40. The summed E-state index contributed by atoms with van der Waals surface area (Å²) in [5, 5.41) is 0.639. The molecule has 0 bridgehead atoms. The molecule has 1 N–H and O–H groups in total. The number of fused-ring (bicyclic) bond motifs is 1. The molecule has 7 nitrogen and oxygen atoms in total. The minimum Gasteiger partial charge on any atom is -0.493 e. The maximum Gasteiger partial charge on any atom is 0.254 e. The highest BCUT2D eigenvalue weighted by atomic mass is 35.5. The lowest BCUT2D eigenvalue weighted by atomic mass is 10.0. The fourth-order valence-corrected chi connectivity index (χ4v) is 3.98. The highest BCUT2D eigenvalue weighted by Gasteiger charge is 2.22. The van der Waals surface area contributed by atoms with Gasteiger partial charge in [-0.1, -0.05) is 11.6 Å². The zero-order valence-electron chi connectivity index (χ0n) is 17.7. The van der Waals surface area contributed by atoms with Crippen molar-refractivity contribution < 1.29 is 14.2 Å². The Morgan fingerprint density at radius 2 is 1.74 bits per heavy atom. The molecular weight excluding hydrogens is 418 g/mol. The molecule has 1 aliphatic rings. The molecule has 31 heavy (non-hydrogen) atoms. The molecule has 0 saturated carbocycles. The van der Waals surface area contributed by atoms with Crippen LogP contribution in [-0.4, -0.2) is 42.7 Å². The lowest BCUT2D eigenvalue weighted by Gasteiger charge is -2.28. The van der Waals surface area contributed by atoms with E-state index in [2.05, 4.69) is 9.88 Å². The van der Waals surface area contributed by atoms with Gasteiger partial charge in [0.1, 0.15) is 5.82 Å². The average molecular weight is 442 g/mol. The summed E-state index contributed by atoms with van der Waals surface area (Å²) in [6, 6.07) is 11.2. The molecule has 0 atom stereocenters. The van der Waals surface area contributed by atoms with Crippen LogP contribution in [0.1, 0.15) is 16.8 Å². The second-order valence-electron chi connectivity index (χ2n) is 7.34. The highest BCUT2D eigenvalue weighted by molar-refractivity contribution is 6.30. The van der Waals surface area contributed by atoms with E-state index in [0.29, 0.717) is 47.6 Å². The van der Waals surface area contributed by atoms with Gasteiger partial charge in [-0.3, -0.25) is 9.69 Å². The van der Waals surface area contributed by atoms with Gasteiger partial charge in [-0.15, -0.1) is 0 Å². The van der Waals surface area contributed by atoms with E-state index in [-0.39, 0.29) is 5.56 Å². The first-order chi connectivity index (χ1) is 15.0. The molecule has 3 aromatic rings. The molecule has 0 saturated heterocycles. The van der Waals surface area contributed by atoms with Crippen molar-refractivity contribution in [3.63, 3.8) is 0 Å². The van der Waals surface area contributed by atoms with Crippen LogP contribution in [0.5, 0.6) is 17.2 Å². The highest BCUT2D eigenvalue weighted by Crippen LogP contribution is 2.38. The average Bonchev–Trinajstić information content (AvgIpc) is 2.78. The Bertz CT molecular complexity index is 1120. The number of halogens is 1. The predicted molar refractivity (Wildman–Crippen MR) is 119 cm³/mol. The second kappa shape index (κ2) is 8.99. The molecule has 0 aliphatic carbocycles. The zero-order chi connectivity index (χ0) is 22.0. The van der Waals surface area contributed by atoms with Crippen LogP contribution in [0.15, 0.2) is 41.2 Å². The Kier molecular flexibility index (Phi) is 6.15. The molecular formula is C23H24ClN3O4. The summed E-state index contributed by atoms with van der Waals surface area (Å²) in [7, 11) is 4.79. The summed E-state index contributed by atoms with van der Waals surface area (Å²) in [5.41, 5.74) is 3.32. The molecule has 1 aromatic heterocycles. The number of rotatable bonds is 6. The number of ether oxygens (including phenoxy) is 3. The number of aromatic nitrogens is 2. The molecule has 0 fully saturated rings. The van der Waals surface area contributed by atoms with E-state index in [1.807, 2.05) is 24.3 Å². The van der Waals surface area contributed by atoms with E-state index < -0.39 is 0 Å². The van der Waals surface area contributed by atoms with Crippen LogP contribution in [-0.2, 0) is 19.5 Å². The van der Waals surface area contributed by atoms with Crippen LogP contribution in [0.4, 0.5) is 0 Å². The van der Waals surface area contributed by atoms with Crippen molar-refractivity contribution in [1.29, 1.82) is 0 Å². The van der Waals surface area contributed by atoms with Crippen LogP contribution in [0.25, 0.3) is 11.4 Å². The number of benzene rings is 2. The van der Waals surface area contributed by atoms with Gasteiger partial charge in [-0.05, 0) is 48.4 Å². The SMILES string of the molecule is COc1cc(CN2CCc3c(nc(-c4ccc(Cl)cc4)[nH]c3=O)C2)cc(OC)c1OC. The molecule has 1 aliphatic heterocycles. The Balaban J connectivity index is 1.60. The molecule has 0 radical (unpaired) electrons. The maximum atomic E-state index is 12.6. The summed E-state index contributed by atoms with van der Waals surface area (Å²) in [4.78, 5) is 22.5. The zero-order valence-corrected chi connectivity index (χ0v) is 18.5. The Labute approximate surface area is 185 Å². The molecule has 4 rings (SSSR count). The molecule has 0 amide bonds. The Morgan fingerprint density at radius 1 is 1.06 bits per heavy atom. The summed E-state index contributed by atoms with van der Waals surface area (Å²) < 4.78 is 16.3. The Hall–Kier alpha value is -3.03. The predicted octanol–water partition coefficient (Wildman–Crippen LogP) is 3.67. The second-order valence-corrected chi connectivity index (χ2v) is 7.78. The van der Waals surface area contributed by atoms with Crippen molar-refractivity contribution in [1.82, 2.24) is 14.9 Å². The van der Waals surface area contributed by atoms with Crippen LogP contribution in [0.3, 0.4) is 0 Å². The summed E-state index contributed by atoms with van der Waals surface area (Å²) >= 11 is 5.98. The maximum absolute atomic E-state index is 12.6. The number of H-pyrrole nitrogens is 1. The summed E-state index contributed by atoms with van der Waals surface area (Å²) in [6.07, 6.45) is 0.642. The number of hydrogen-bond donors (Lipinski definition) is 1. The standard InChI is InChI=1S/C23H24ClN3O4/c1-29-19-10-14(11-20(30-2)21(19)31-3)12-27-9-8-17-18(13-27)25-22(26-23(17)28)15-4-6-16(24)7-5-15/h4-7,10-11H,8-9,12-13H2,1-3H3,(H,25,26,28). The van der Waals surface area contributed by atoms with Gasteiger partial charge < -0.3 is 19.2 Å². The number of aromatic amines is 1. The number of hydrogen-bond acceptors (Lipinski definition) is 6. The normalized spacial score (nSPS) is 13.5. The van der Waals surface area contributed by atoms with Gasteiger partial charge in [0.2, 0.25) is 5.75 Å². The van der Waals surface area contributed by atoms with E-state index >= 15 is 0 Å². The van der Waals surface area contributed by atoms with E-state index in [0.717, 1.165) is 28.9 Å². The van der Waals surface area contributed by atoms with Crippen molar-refractivity contribution in [2.45, 2.75) is 19.5 Å². The van der Waals surface area contributed by atoms with Crippen molar-refractivity contribution in [3.8, 4) is 28.6 Å². The molecule has 2 heterocycles. The van der Waals surface area contributed by atoms with Gasteiger partial charge in [0.05, 0.1) is 27.0 Å². The van der Waals surface area contributed by atoms with Gasteiger partial charge >= 0.3 is 0 Å². The fraction of sp³-hybridized carbons (Fsp3) is 0.304. The van der Waals surface area contributed by atoms with Gasteiger partial charge in [0.15, 0.2) is 11.5 Å². The molecule has 0 unspecified atom stereocenters. The number of nitrogens with zero attached hydrogens (tertiary/aromatic N) is 2. The van der Waals surface area contributed by atoms with Crippen LogP contribution < -0.4 is 19.8 Å². The lowest BCUT2D eigenvalue weighted by Crippen LogP contribution is -2.35. The van der Waals surface area contributed by atoms with Crippen LogP contribution in [0, 0.1) is 0 Å². The van der Waals surface area contributed by atoms with Crippen molar-refractivity contribution in [2.24, 2.45) is 0 Å². The van der Waals surface area contributed by atoms with E-state index in [4.69, 9.17) is 30.8 Å². The van der Waals surface area contributed by atoms with E-state index in [1.165, 1.54) is 0 Å². The van der Waals surface area contributed by atoms with Gasteiger partial charge in [-0.2, -0.15) is 0 Å². The van der Waals surface area contributed by atoms with Gasteiger partial charge in [0.25, 0.3) is 5.56 Å². The molecule has 162 valence electrons. The van der Waals surface area contributed by atoms with Gasteiger partial charge in [-0.25, -0.2) is 4.98 Å². The van der Waals surface area contributed by atoms with E-state index in [1.54, 1.807) is 33.5 Å². The van der Waals surface area contributed by atoms with Crippen molar-refractivity contribution >= 4 is 11.6 Å². The van der Waals surface area contributed by atoms with Crippen molar-refractivity contribution in [2.75, 3.05) is 27.9 Å². The monoisotopic (exact) mass is 441 g/mol. The van der Waals surface area contributed by atoms with Crippen molar-refractivity contribution in [3.05, 3.63) is 68.6 Å². The lowest BCUT2D eigenvalue weighted by molar-refractivity contribution is 0.239. The van der Waals surface area contributed by atoms with Gasteiger partial charge in [0, 0.05) is 35.8 Å². The number of nitrogens with one attached hydrogen (secondary N) is 1. The van der Waals surface area contributed by atoms with E-state index in [9.17, 15) is 4.79 Å². The smallest absolute Gasteiger partial charge is 0.254 e.